The summed E-state index contributed by atoms with van der Waals surface area (Å²) in [6.07, 6.45) is 3.12. The number of rotatable bonds is 4. The van der Waals surface area contributed by atoms with E-state index in [1.165, 1.54) is 17.7 Å². The van der Waals surface area contributed by atoms with Crippen LogP contribution in [0.1, 0.15) is 21.1 Å². The van der Waals surface area contributed by atoms with Crippen molar-refractivity contribution in [1.82, 2.24) is 15.0 Å². The van der Waals surface area contributed by atoms with Crippen molar-refractivity contribution in [1.29, 1.82) is 0 Å². The summed E-state index contributed by atoms with van der Waals surface area (Å²) in [6, 6.07) is 1.78. The van der Waals surface area contributed by atoms with Crippen LogP contribution in [-0.2, 0) is 6.54 Å². The molecule has 2 heterocycles. The average molecular weight is 250 g/mol. The van der Waals surface area contributed by atoms with Crippen LogP contribution >= 0.6 is 11.3 Å². The van der Waals surface area contributed by atoms with Gasteiger partial charge >= 0.3 is 5.97 Å². The molecule has 2 aromatic heterocycles. The molecule has 0 bridgehead atoms. The van der Waals surface area contributed by atoms with Crippen LogP contribution in [0.15, 0.2) is 18.6 Å². The molecule has 7 heteroatoms. The minimum absolute atomic E-state index is 0.0974. The van der Waals surface area contributed by atoms with Crippen LogP contribution in [0.25, 0.3) is 0 Å². The molecule has 0 spiro atoms. The lowest BCUT2D eigenvalue weighted by Crippen LogP contribution is -2.03. The number of aryl methyl sites for hydroxylation is 1. The molecule has 6 nitrogen and oxygen atoms in total. The molecule has 0 aromatic carbocycles. The number of carbonyl (C=O) groups is 1. The van der Waals surface area contributed by atoms with Crippen molar-refractivity contribution < 1.29 is 9.90 Å². The maximum Gasteiger partial charge on any atom is 0.355 e. The lowest BCUT2D eigenvalue weighted by Gasteiger charge is -2.00. The summed E-state index contributed by atoms with van der Waals surface area (Å²) in [4.78, 5) is 23.3. The van der Waals surface area contributed by atoms with Crippen LogP contribution in [0.5, 0.6) is 0 Å². The third kappa shape index (κ3) is 2.76. The molecule has 0 saturated heterocycles. The van der Waals surface area contributed by atoms with Gasteiger partial charge in [0, 0.05) is 11.1 Å². The van der Waals surface area contributed by atoms with Gasteiger partial charge in [-0.15, -0.1) is 11.3 Å². The molecule has 0 unspecified atom stereocenters. The molecule has 2 aromatic rings. The number of aromatic nitrogens is 3. The van der Waals surface area contributed by atoms with Gasteiger partial charge in [0.25, 0.3) is 0 Å². The Morgan fingerprint density at radius 2 is 2.41 bits per heavy atom. The Labute approximate surface area is 101 Å². The molecular weight excluding hydrogens is 240 g/mol. The molecule has 0 amide bonds. The normalized spacial score (nSPS) is 10.2. The molecule has 2 N–H and O–H groups in total. The molecule has 0 radical (unpaired) electrons. The molecule has 0 aliphatic carbocycles. The fraction of sp³-hybridized carbons (Fsp3) is 0.200. The smallest absolute Gasteiger partial charge is 0.355 e. The fourth-order valence-corrected chi connectivity index (χ4v) is 2.06. The molecule has 0 fully saturated rings. The Morgan fingerprint density at radius 3 is 3.00 bits per heavy atom. The maximum absolute atomic E-state index is 10.8. The Bertz CT molecular complexity index is 526. The van der Waals surface area contributed by atoms with E-state index in [0.29, 0.717) is 16.6 Å². The summed E-state index contributed by atoms with van der Waals surface area (Å²) < 4.78 is 0. The van der Waals surface area contributed by atoms with Gasteiger partial charge < -0.3 is 10.4 Å². The van der Waals surface area contributed by atoms with Gasteiger partial charge in [-0.25, -0.2) is 19.7 Å². The average Bonchev–Trinajstić information content (AvgIpc) is 2.69. The van der Waals surface area contributed by atoms with E-state index in [9.17, 15) is 4.79 Å². The lowest BCUT2D eigenvalue weighted by atomic mass is 10.4. The predicted octanol–water partition coefficient (Wildman–Crippen LogP) is 1.55. The number of carboxylic acids is 1. The van der Waals surface area contributed by atoms with E-state index in [1.54, 1.807) is 19.2 Å². The molecule has 88 valence electrons. The largest absolute Gasteiger partial charge is 0.476 e. The number of hydrogen-bond donors (Lipinski definition) is 2. The summed E-state index contributed by atoms with van der Waals surface area (Å²) in [5.74, 6) is -1.01. The second-order valence-corrected chi connectivity index (χ2v) is 4.49. The highest BCUT2D eigenvalue weighted by molar-refractivity contribution is 7.15. The first-order valence-electron chi connectivity index (χ1n) is 4.86. The first-order valence-corrected chi connectivity index (χ1v) is 5.68. The molecule has 0 aliphatic rings. The Hall–Kier alpha value is -2.02. The summed E-state index contributed by atoms with van der Waals surface area (Å²) >= 11 is 1.32. The van der Waals surface area contributed by atoms with Crippen LogP contribution < -0.4 is 5.32 Å². The number of carboxylic acid groups (broad SMARTS) is 1. The highest BCUT2D eigenvalue weighted by Crippen LogP contribution is 2.22. The number of hydrogen-bond acceptors (Lipinski definition) is 6. The second-order valence-electron chi connectivity index (χ2n) is 3.28. The van der Waals surface area contributed by atoms with Crippen molar-refractivity contribution in [3.8, 4) is 0 Å². The van der Waals surface area contributed by atoms with Gasteiger partial charge in [-0.05, 0) is 13.0 Å². The predicted molar refractivity (Wildman–Crippen MR) is 63.2 cm³/mol. The van der Waals surface area contributed by atoms with E-state index < -0.39 is 5.97 Å². The number of thiazole rings is 1. The van der Waals surface area contributed by atoms with Crippen LogP contribution in [-0.4, -0.2) is 26.0 Å². The molecule has 0 saturated carbocycles. The van der Waals surface area contributed by atoms with Crippen molar-refractivity contribution >= 4 is 22.4 Å². The molecule has 17 heavy (non-hydrogen) atoms. The molecule has 0 aliphatic heterocycles. The Kier molecular flexibility index (Phi) is 3.29. The van der Waals surface area contributed by atoms with Crippen molar-refractivity contribution in [3.63, 3.8) is 0 Å². The quantitative estimate of drug-likeness (QED) is 0.856. The van der Waals surface area contributed by atoms with Crippen LogP contribution in [0, 0.1) is 6.92 Å². The van der Waals surface area contributed by atoms with E-state index in [4.69, 9.17) is 5.11 Å². The van der Waals surface area contributed by atoms with Gasteiger partial charge in [-0.1, -0.05) is 0 Å². The zero-order valence-corrected chi connectivity index (χ0v) is 9.86. The highest BCUT2D eigenvalue weighted by Gasteiger charge is 2.13. The van der Waals surface area contributed by atoms with Crippen molar-refractivity contribution in [2.75, 3.05) is 5.32 Å². The first kappa shape index (κ1) is 11.5. The number of aromatic carboxylic acids is 1. The van der Waals surface area contributed by atoms with Gasteiger partial charge in [0.15, 0.2) is 10.8 Å². The molecule has 2 rings (SSSR count). The SMILES string of the molecule is Cc1sc(NCc2ccncn2)nc1C(=O)O. The van der Waals surface area contributed by atoms with Gasteiger partial charge in [-0.3, -0.25) is 0 Å². The summed E-state index contributed by atoms with van der Waals surface area (Å²) in [5.41, 5.74) is 0.921. The van der Waals surface area contributed by atoms with Crippen molar-refractivity contribution in [3.05, 3.63) is 34.9 Å². The summed E-state index contributed by atoms with van der Waals surface area (Å²) in [7, 11) is 0. The van der Waals surface area contributed by atoms with Gasteiger partial charge in [-0.2, -0.15) is 0 Å². The van der Waals surface area contributed by atoms with E-state index in [-0.39, 0.29) is 5.69 Å². The highest BCUT2D eigenvalue weighted by atomic mass is 32.1. The first-order chi connectivity index (χ1) is 8.16. The third-order valence-corrected chi connectivity index (χ3v) is 2.99. The second kappa shape index (κ2) is 4.88. The van der Waals surface area contributed by atoms with Gasteiger partial charge in [0.05, 0.1) is 12.2 Å². The summed E-state index contributed by atoms with van der Waals surface area (Å²) in [5, 5.41) is 12.5. The Balaban J connectivity index is 2.05. The van der Waals surface area contributed by atoms with Crippen LogP contribution in [0.2, 0.25) is 0 Å². The fourth-order valence-electron chi connectivity index (χ4n) is 1.26. The van der Waals surface area contributed by atoms with E-state index >= 15 is 0 Å². The lowest BCUT2D eigenvalue weighted by molar-refractivity contribution is 0.0690. The zero-order valence-electron chi connectivity index (χ0n) is 9.04. The number of nitrogens with zero attached hydrogens (tertiary/aromatic N) is 3. The zero-order chi connectivity index (χ0) is 12.3. The Morgan fingerprint density at radius 1 is 1.59 bits per heavy atom. The van der Waals surface area contributed by atoms with Crippen LogP contribution in [0.4, 0.5) is 5.13 Å². The van der Waals surface area contributed by atoms with Crippen LogP contribution in [0.3, 0.4) is 0 Å². The monoisotopic (exact) mass is 250 g/mol. The van der Waals surface area contributed by atoms with Crippen molar-refractivity contribution in [2.45, 2.75) is 13.5 Å². The van der Waals surface area contributed by atoms with E-state index in [1.807, 2.05) is 0 Å². The third-order valence-electron chi connectivity index (χ3n) is 2.06. The van der Waals surface area contributed by atoms with E-state index in [0.717, 1.165) is 5.69 Å². The summed E-state index contributed by atoms with van der Waals surface area (Å²) in [6.45, 7) is 2.23. The topological polar surface area (TPSA) is 88.0 Å². The molecule has 0 atom stereocenters. The number of nitrogens with one attached hydrogen (secondary N) is 1. The minimum Gasteiger partial charge on any atom is -0.476 e. The van der Waals surface area contributed by atoms with E-state index in [2.05, 4.69) is 20.3 Å². The minimum atomic E-state index is -1.01. The van der Waals surface area contributed by atoms with Gasteiger partial charge in [0.2, 0.25) is 0 Å². The number of anilines is 1. The maximum atomic E-state index is 10.8. The van der Waals surface area contributed by atoms with Gasteiger partial charge in [0.1, 0.15) is 6.33 Å². The van der Waals surface area contributed by atoms with Crippen molar-refractivity contribution in [2.24, 2.45) is 0 Å². The molecular formula is C10H10N4O2S. The standard InChI is InChI=1S/C10H10N4O2S/c1-6-8(9(15)16)14-10(17-6)12-4-7-2-3-11-5-13-7/h2-3,5H,4H2,1H3,(H,12,14)(H,15,16).